The number of halogens is 1. The first kappa shape index (κ1) is 15.0. The molecule has 0 spiro atoms. The molecule has 0 aromatic heterocycles. The summed E-state index contributed by atoms with van der Waals surface area (Å²) in [6.07, 6.45) is 4.40. The van der Waals surface area contributed by atoms with E-state index in [0.717, 1.165) is 25.7 Å². The number of methoxy groups -OCH3 is 1. The molecule has 0 bridgehead atoms. The number of carboxylic acid groups (broad SMARTS) is 1. The zero-order valence-corrected chi connectivity index (χ0v) is 12.4. The predicted octanol–water partition coefficient (Wildman–Crippen LogP) is 3.86. The molecule has 1 N–H and O–H groups in total. The van der Waals surface area contributed by atoms with Gasteiger partial charge in [0.1, 0.15) is 0 Å². The van der Waals surface area contributed by atoms with E-state index >= 15 is 0 Å². The normalized spacial score (nSPS) is 16.9. The average Bonchev–Trinajstić information content (AvgIpc) is 2.92. The smallest absolute Gasteiger partial charge is 0.310 e. The molecular formula is C15H19ClO4. The van der Waals surface area contributed by atoms with Crippen LogP contribution in [-0.2, 0) is 4.79 Å². The van der Waals surface area contributed by atoms with Gasteiger partial charge in [0.25, 0.3) is 0 Å². The number of hydrogen-bond acceptors (Lipinski definition) is 3. The molecular weight excluding hydrogens is 280 g/mol. The molecule has 110 valence electrons. The van der Waals surface area contributed by atoms with E-state index in [1.54, 1.807) is 19.1 Å². The van der Waals surface area contributed by atoms with E-state index in [-0.39, 0.29) is 6.10 Å². The molecule has 1 aromatic rings. The number of rotatable bonds is 5. The summed E-state index contributed by atoms with van der Waals surface area (Å²) < 4.78 is 11.3. The van der Waals surface area contributed by atoms with Gasteiger partial charge >= 0.3 is 5.97 Å². The summed E-state index contributed by atoms with van der Waals surface area (Å²) in [5.41, 5.74) is 0.564. The molecule has 0 saturated heterocycles. The van der Waals surface area contributed by atoms with E-state index in [4.69, 9.17) is 21.1 Å². The Hall–Kier alpha value is -1.42. The second-order valence-corrected chi connectivity index (χ2v) is 5.55. The Labute approximate surface area is 123 Å². The maximum Gasteiger partial charge on any atom is 0.310 e. The lowest BCUT2D eigenvalue weighted by Gasteiger charge is -2.21. The standard InChI is InChI=1S/C15H19ClO4/c1-9(15(17)18)12-7-10(16)8-13(19-2)14(12)20-11-5-3-4-6-11/h7-9,11H,3-6H2,1-2H3,(H,17,18). The van der Waals surface area contributed by atoms with Gasteiger partial charge in [-0.05, 0) is 38.7 Å². The molecule has 0 aliphatic heterocycles. The lowest BCUT2D eigenvalue weighted by atomic mass is 9.99. The summed E-state index contributed by atoms with van der Waals surface area (Å²) in [6.45, 7) is 1.62. The van der Waals surface area contributed by atoms with Crippen LogP contribution in [0.25, 0.3) is 0 Å². The quantitative estimate of drug-likeness (QED) is 0.897. The minimum absolute atomic E-state index is 0.129. The lowest BCUT2D eigenvalue weighted by molar-refractivity contribution is -0.138. The van der Waals surface area contributed by atoms with Crippen molar-refractivity contribution >= 4 is 17.6 Å². The molecule has 5 heteroatoms. The molecule has 1 aromatic carbocycles. The van der Waals surface area contributed by atoms with Crippen molar-refractivity contribution in [1.29, 1.82) is 0 Å². The van der Waals surface area contributed by atoms with Gasteiger partial charge in [0.2, 0.25) is 0 Å². The largest absolute Gasteiger partial charge is 0.493 e. The van der Waals surface area contributed by atoms with E-state index in [1.807, 2.05) is 0 Å². The molecule has 4 nitrogen and oxygen atoms in total. The predicted molar refractivity (Wildman–Crippen MR) is 76.9 cm³/mol. The summed E-state index contributed by atoms with van der Waals surface area (Å²) >= 11 is 6.04. The Morgan fingerprint density at radius 3 is 2.60 bits per heavy atom. The molecule has 1 fully saturated rings. The van der Waals surface area contributed by atoms with Crippen molar-refractivity contribution in [3.63, 3.8) is 0 Å². The molecule has 1 aliphatic carbocycles. The Kier molecular flexibility index (Phi) is 4.76. The first-order valence-electron chi connectivity index (χ1n) is 6.79. The fourth-order valence-electron chi connectivity index (χ4n) is 2.49. The van der Waals surface area contributed by atoms with Crippen LogP contribution >= 0.6 is 11.6 Å². The fraction of sp³-hybridized carbons (Fsp3) is 0.533. The molecule has 2 rings (SSSR count). The average molecular weight is 299 g/mol. The van der Waals surface area contributed by atoms with E-state index in [2.05, 4.69) is 0 Å². The summed E-state index contributed by atoms with van der Waals surface area (Å²) in [6, 6.07) is 3.30. The summed E-state index contributed by atoms with van der Waals surface area (Å²) in [5.74, 6) is -0.601. The Morgan fingerprint density at radius 1 is 1.40 bits per heavy atom. The van der Waals surface area contributed by atoms with Crippen LogP contribution in [0.15, 0.2) is 12.1 Å². The summed E-state index contributed by atoms with van der Waals surface area (Å²) in [5, 5.41) is 9.68. The maximum absolute atomic E-state index is 11.3. The topological polar surface area (TPSA) is 55.8 Å². The molecule has 20 heavy (non-hydrogen) atoms. The van der Waals surface area contributed by atoms with Crippen LogP contribution in [0.3, 0.4) is 0 Å². The molecule has 1 unspecified atom stereocenters. The third-order valence-electron chi connectivity index (χ3n) is 3.69. The van der Waals surface area contributed by atoms with Gasteiger partial charge in [0, 0.05) is 16.7 Å². The maximum atomic E-state index is 11.3. The highest BCUT2D eigenvalue weighted by atomic mass is 35.5. The molecule has 0 radical (unpaired) electrons. The molecule has 0 amide bonds. The second-order valence-electron chi connectivity index (χ2n) is 5.11. The van der Waals surface area contributed by atoms with Crippen molar-refractivity contribution in [3.05, 3.63) is 22.7 Å². The number of benzene rings is 1. The van der Waals surface area contributed by atoms with Gasteiger partial charge in [-0.2, -0.15) is 0 Å². The van der Waals surface area contributed by atoms with Gasteiger partial charge in [0.15, 0.2) is 11.5 Å². The van der Waals surface area contributed by atoms with Gasteiger partial charge in [-0.1, -0.05) is 11.6 Å². The van der Waals surface area contributed by atoms with Crippen LogP contribution in [0.4, 0.5) is 0 Å². The number of carbonyl (C=O) groups is 1. The van der Waals surface area contributed by atoms with Crippen LogP contribution in [0.1, 0.15) is 44.1 Å². The van der Waals surface area contributed by atoms with E-state index in [9.17, 15) is 9.90 Å². The summed E-state index contributed by atoms with van der Waals surface area (Å²) in [7, 11) is 1.53. The van der Waals surface area contributed by atoms with Crippen LogP contribution < -0.4 is 9.47 Å². The van der Waals surface area contributed by atoms with Gasteiger partial charge in [-0.15, -0.1) is 0 Å². The molecule has 1 aliphatic rings. The van der Waals surface area contributed by atoms with Crippen molar-refractivity contribution in [3.8, 4) is 11.5 Å². The zero-order chi connectivity index (χ0) is 14.7. The number of hydrogen-bond donors (Lipinski definition) is 1. The third-order valence-corrected chi connectivity index (χ3v) is 3.91. The van der Waals surface area contributed by atoms with Gasteiger partial charge in [0.05, 0.1) is 19.1 Å². The van der Waals surface area contributed by atoms with Crippen molar-refractivity contribution in [2.75, 3.05) is 7.11 Å². The molecule has 1 saturated carbocycles. The highest BCUT2D eigenvalue weighted by Crippen LogP contribution is 2.40. The lowest BCUT2D eigenvalue weighted by Crippen LogP contribution is -2.16. The summed E-state index contributed by atoms with van der Waals surface area (Å²) in [4.78, 5) is 11.3. The Balaban J connectivity index is 2.40. The Bertz CT molecular complexity index is 495. The first-order chi connectivity index (χ1) is 9.52. The number of carboxylic acids is 1. The second kappa shape index (κ2) is 6.35. The third kappa shape index (κ3) is 3.18. The van der Waals surface area contributed by atoms with Gasteiger partial charge in [-0.3, -0.25) is 4.79 Å². The molecule has 0 heterocycles. The highest BCUT2D eigenvalue weighted by Gasteiger charge is 2.26. The van der Waals surface area contributed by atoms with Gasteiger partial charge < -0.3 is 14.6 Å². The SMILES string of the molecule is COc1cc(Cl)cc(C(C)C(=O)O)c1OC1CCCC1. The minimum atomic E-state index is -0.911. The first-order valence-corrected chi connectivity index (χ1v) is 7.17. The van der Waals surface area contributed by atoms with Crippen LogP contribution in [0.2, 0.25) is 5.02 Å². The highest BCUT2D eigenvalue weighted by molar-refractivity contribution is 6.30. The number of ether oxygens (including phenoxy) is 2. The minimum Gasteiger partial charge on any atom is -0.493 e. The van der Waals surface area contributed by atoms with Crippen molar-refractivity contribution in [2.24, 2.45) is 0 Å². The zero-order valence-electron chi connectivity index (χ0n) is 11.7. The van der Waals surface area contributed by atoms with Crippen LogP contribution in [-0.4, -0.2) is 24.3 Å². The van der Waals surface area contributed by atoms with E-state index in [0.29, 0.717) is 22.1 Å². The van der Waals surface area contributed by atoms with E-state index in [1.165, 1.54) is 7.11 Å². The van der Waals surface area contributed by atoms with E-state index < -0.39 is 11.9 Å². The Morgan fingerprint density at radius 2 is 2.05 bits per heavy atom. The monoisotopic (exact) mass is 298 g/mol. The van der Waals surface area contributed by atoms with Crippen molar-refractivity contribution in [1.82, 2.24) is 0 Å². The number of aliphatic carboxylic acids is 1. The molecule has 1 atom stereocenters. The fourth-order valence-corrected chi connectivity index (χ4v) is 2.71. The van der Waals surface area contributed by atoms with Crippen LogP contribution in [0, 0.1) is 0 Å². The van der Waals surface area contributed by atoms with Crippen molar-refractivity contribution < 1.29 is 19.4 Å². The van der Waals surface area contributed by atoms with Crippen molar-refractivity contribution in [2.45, 2.75) is 44.6 Å². The van der Waals surface area contributed by atoms with Crippen LogP contribution in [0.5, 0.6) is 11.5 Å². The van der Waals surface area contributed by atoms with Gasteiger partial charge in [-0.25, -0.2) is 0 Å².